The summed E-state index contributed by atoms with van der Waals surface area (Å²) in [6.07, 6.45) is 2.39. The minimum atomic E-state index is -1.15. The highest BCUT2D eigenvalue weighted by atomic mass is 35.5. The van der Waals surface area contributed by atoms with E-state index >= 15 is 0 Å². The molecule has 2 aromatic rings. The lowest BCUT2D eigenvalue weighted by atomic mass is 10.2. The zero-order chi connectivity index (χ0) is 13.8. The van der Waals surface area contributed by atoms with Crippen LogP contribution < -0.4 is 4.74 Å². The Balaban J connectivity index is 2.14. The number of carbonyl (C=O) groups is 1. The molecule has 0 fully saturated rings. The van der Waals surface area contributed by atoms with Crippen LogP contribution in [0.5, 0.6) is 5.75 Å². The Kier molecular flexibility index (Phi) is 3.91. The Hall–Kier alpha value is -2.21. The number of hydrogen-bond acceptors (Lipinski definition) is 4. The summed E-state index contributed by atoms with van der Waals surface area (Å²) < 4.78 is 18.4. The van der Waals surface area contributed by atoms with Crippen molar-refractivity contribution in [3.63, 3.8) is 0 Å². The lowest BCUT2D eigenvalue weighted by molar-refractivity contribution is 0.0692. The van der Waals surface area contributed by atoms with Gasteiger partial charge in [0.15, 0.2) is 0 Å². The van der Waals surface area contributed by atoms with Crippen molar-refractivity contribution in [3.05, 3.63) is 52.8 Å². The number of hydrogen-bond donors (Lipinski definition) is 1. The van der Waals surface area contributed by atoms with Crippen LogP contribution in [0, 0.1) is 5.82 Å². The van der Waals surface area contributed by atoms with Gasteiger partial charge in [0, 0.05) is 12.3 Å². The summed E-state index contributed by atoms with van der Waals surface area (Å²) in [6, 6.07) is 3.95. The van der Waals surface area contributed by atoms with Gasteiger partial charge in [-0.3, -0.25) is 0 Å². The minimum Gasteiger partial charge on any atom is -0.487 e. The number of aromatic carboxylic acids is 1. The lowest BCUT2D eigenvalue weighted by Gasteiger charge is -2.07. The van der Waals surface area contributed by atoms with Gasteiger partial charge in [-0.1, -0.05) is 11.6 Å². The first-order valence-corrected chi connectivity index (χ1v) is 5.55. The van der Waals surface area contributed by atoms with E-state index < -0.39 is 11.8 Å². The molecule has 0 saturated heterocycles. The average molecular weight is 283 g/mol. The number of ether oxygens (including phenoxy) is 1. The quantitative estimate of drug-likeness (QED) is 0.933. The van der Waals surface area contributed by atoms with E-state index in [-0.39, 0.29) is 28.6 Å². The molecule has 0 aliphatic rings. The van der Waals surface area contributed by atoms with E-state index in [2.05, 4.69) is 9.97 Å². The molecule has 0 bridgehead atoms. The van der Waals surface area contributed by atoms with Gasteiger partial charge in [0.05, 0.1) is 10.7 Å². The first kappa shape index (κ1) is 13.2. The molecule has 0 spiro atoms. The fraction of sp³-hybridized carbons (Fsp3) is 0.0833. The number of aromatic nitrogens is 2. The molecule has 98 valence electrons. The van der Waals surface area contributed by atoms with Crippen molar-refractivity contribution in [3.8, 4) is 5.75 Å². The van der Waals surface area contributed by atoms with Crippen molar-refractivity contribution >= 4 is 17.6 Å². The summed E-state index contributed by atoms with van der Waals surface area (Å²) in [6.45, 7) is -0.106. The van der Waals surface area contributed by atoms with E-state index in [4.69, 9.17) is 21.4 Å². The second kappa shape index (κ2) is 5.62. The number of carboxylic acid groups (broad SMARTS) is 1. The van der Waals surface area contributed by atoms with Crippen molar-refractivity contribution in [2.75, 3.05) is 0 Å². The van der Waals surface area contributed by atoms with Crippen LogP contribution in [-0.2, 0) is 6.61 Å². The highest BCUT2D eigenvalue weighted by Gasteiger charge is 2.12. The summed E-state index contributed by atoms with van der Waals surface area (Å²) in [5.74, 6) is -1.53. The van der Waals surface area contributed by atoms with Crippen molar-refractivity contribution in [2.24, 2.45) is 0 Å². The monoisotopic (exact) mass is 282 g/mol. The minimum absolute atomic E-state index is 0.0133. The molecular formula is C12H8ClFN2O3. The third kappa shape index (κ3) is 3.17. The van der Waals surface area contributed by atoms with Crippen LogP contribution >= 0.6 is 11.6 Å². The molecule has 0 atom stereocenters. The van der Waals surface area contributed by atoms with Crippen molar-refractivity contribution in [2.45, 2.75) is 6.61 Å². The molecule has 19 heavy (non-hydrogen) atoms. The molecule has 0 radical (unpaired) electrons. The van der Waals surface area contributed by atoms with Gasteiger partial charge in [-0.05, 0) is 12.1 Å². The van der Waals surface area contributed by atoms with Gasteiger partial charge in [0.1, 0.15) is 30.1 Å². The number of halogens is 2. The summed E-state index contributed by atoms with van der Waals surface area (Å²) in [7, 11) is 0. The van der Waals surface area contributed by atoms with Crippen LogP contribution in [-0.4, -0.2) is 21.0 Å². The smallest absolute Gasteiger partial charge is 0.339 e. The maximum atomic E-state index is 13.2. The van der Waals surface area contributed by atoms with E-state index in [1.54, 1.807) is 0 Å². The first-order valence-electron chi connectivity index (χ1n) is 5.18. The highest BCUT2D eigenvalue weighted by molar-refractivity contribution is 6.30. The van der Waals surface area contributed by atoms with Gasteiger partial charge >= 0.3 is 5.97 Å². The standard InChI is InChI=1S/C12H8ClFN2O3/c13-9-2-1-7(3-10(9)14)19-5-11-8(12(17)18)4-15-6-16-11/h1-4,6H,5H2,(H,17,18). The molecule has 1 aromatic carbocycles. The molecule has 2 rings (SSSR count). The van der Waals surface area contributed by atoms with Crippen molar-refractivity contribution in [1.29, 1.82) is 0 Å². The lowest BCUT2D eigenvalue weighted by Crippen LogP contribution is -2.08. The molecular weight excluding hydrogens is 275 g/mol. The number of carboxylic acids is 1. The zero-order valence-electron chi connectivity index (χ0n) is 9.51. The maximum Gasteiger partial charge on any atom is 0.339 e. The molecule has 0 saturated carbocycles. The normalized spacial score (nSPS) is 10.2. The van der Waals surface area contributed by atoms with Crippen LogP contribution in [0.2, 0.25) is 5.02 Å². The first-order chi connectivity index (χ1) is 9.08. The number of nitrogens with zero attached hydrogens (tertiary/aromatic N) is 2. The Morgan fingerprint density at radius 3 is 2.95 bits per heavy atom. The van der Waals surface area contributed by atoms with Crippen LogP contribution in [0.25, 0.3) is 0 Å². The summed E-state index contributed by atoms with van der Waals surface area (Å²) in [4.78, 5) is 18.4. The van der Waals surface area contributed by atoms with Crippen molar-refractivity contribution in [1.82, 2.24) is 9.97 Å². The molecule has 0 aliphatic carbocycles. The Morgan fingerprint density at radius 2 is 2.26 bits per heavy atom. The second-order valence-corrected chi connectivity index (χ2v) is 3.96. The maximum absolute atomic E-state index is 13.2. The van der Waals surface area contributed by atoms with E-state index in [0.717, 1.165) is 6.07 Å². The molecule has 0 amide bonds. The van der Waals surface area contributed by atoms with Gasteiger partial charge in [-0.25, -0.2) is 19.2 Å². The molecule has 1 aromatic heterocycles. The molecule has 1 N–H and O–H groups in total. The predicted octanol–water partition coefficient (Wildman–Crippen LogP) is 2.55. The third-order valence-electron chi connectivity index (χ3n) is 2.29. The van der Waals surface area contributed by atoms with Crippen LogP contribution in [0.15, 0.2) is 30.7 Å². The van der Waals surface area contributed by atoms with Crippen LogP contribution in [0.4, 0.5) is 4.39 Å². The fourth-order valence-corrected chi connectivity index (χ4v) is 1.48. The Morgan fingerprint density at radius 1 is 1.47 bits per heavy atom. The highest BCUT2D eigenvalue weighted by Crippen LogP contribution is 2.21. The summed E-state index contributed by atoms with van der Waals surface area (Å²) in [5, 5.41) is 8.92. The largest absolute Gasteiger partial charge is 0.487 e. The second-order valence-electron chi connectivity index (χ2n) is 3.55. The third-order valence-corrected chi connectivity index (χ3v) is 2.60. The van der Waals surface area contributed by atoms with Gasteiger partial charge < -0.3 is 9.84 Å². The summed E-state index contributed by atoms with van der Waals surface area (Å²) in [5.41, 5.74) is 0.148. The predicted molar refractivity (Wildman–Crippen MR) is 64.7 cm³/mol. The van der Waals surface area contributed by atoms with Gasteiger partial charge in [-0.15, -0.1) is 0 Å². The number of rotatable bonds is 4. The van der Waals surface area contributed by atoms with Crippen LogP contribution in [0.1, 0.15) is 16.1 Å². The van der Waals surface area contributed by atoms with E-state index in [0.29, 0.717) is 0 Å². The zero-order valence-corrected chi connectivity index (χ0v) is 10.3. The fourth-order valence-electron chi connectivity index (χ4n) is 1.37. The van der Waals surface area contributed by atoms with Gasteiger partial charge in [0.2, 0.25) is 0 Å². The van der Waals surface area contributed by atoms with Crippen molar-refractivity contribution < 1.29 is 19.0 Å². The van der Waals surface area contributed by atoms with Gasteiger partial charge in [0.25, 0.3) is 0 Å². The SMILES string of the molecule is O=C(O)c1cncnc1COc1ccc(Cl)c(F)c1. The molecule has 1 heterocycles. The average Bonchev–Trinajstić information content (AvgIpc) is 2.40. The van der Waals surface area contributed by atoms with E-state index in [9.17, 15) is 9.18 Å². The molecule has 5 nitrogen and oxygen atoms in total. The van der Waals surface area contributed by atoms with E-state index in [1.807, 2.05) is 0 Å². The number of benzene rings is 1. The Bertz CT molecular complexity index is 622. The molecule has 7 heteroatoms. The molecule has 0 aliphatic heterocycles. The molecule has 0 unspecified atom stereocenters. The van der Waals surface area contributed by atoms with Gasteiger partial charge in [-0.2, -0.15) is 0 Å². The topological polar surface area (TPSA) is 72.3 Å². The van der Waals surface area contributed by atoms with E-state index in [1.165, 1.54) is 24.7 Å². The summed E-state index contributed by atoms with van der Waals surface area (Å²) >= 11 is 5.54. The van der Waals surface area contributed by atoms with Crippen LogP contribution in [0.3, 0.4) is 0 Å². The Labute approximate surface area is 112 Å².